The molecule has 0 bridgehead atoms. The van der Waals surface area contributed by atoms with E-state index in [1.165, 1.54) is 29.5 Å². The highest BCUT2D eigenvalue weighted by Crippen LogP contribution is 2.37. The van der Waals surface area contributed by atoms with E-state index in [4.69, 9.17) is 0 Å². The van der Waals surface area contributed by atoms with Gasteiger partial charge in [-0.1, -0.05) is 35.9 Å². The number of aryl methyl sites for hydroxylation is 1. The van der Waals surface area contributed by atoms with Crippen molar-refractivity contribution in [3.8, 4) is 0 Å². The molecule has 0 saturated heterocycles. The highest BCUT2D eigenvalue weighted by Gasteiger charge is 2.29. The number of benzene rings is 1. The molecule has 1 fully saturated rings. The molecule has 1 aromatic heterocycles. The first kappa shape index (κ1) is 12.4. The first-order valence-electron chi connectivity index (χ1n) is 7.00. The van der Waals surface area contributed by atoms with Gasteiger partial charge in [-0.3, -0.25) is 4.98 Å². The summed E-state index contributed by atoms with van der Waals surface area (Å²) in [5.74, 6) is 0.742. The van der Waals surface area contributed by atoms with E-state index in [1.807, 2.05) is 18.5 Å². The summed E-state index contributed by atoms with van der Waals surface area (Å²) in [5, 5.41) is 3.61. The molecule has 1 saturated carbocycles. The van der Waals surface area contributed by atoms with E-state index in [-0.39, 0.29) is 0 Å². The van der Waals surface area contributed by atoms with Crippen molar-refractivity contribution in [2.75, 3.05) is 0 Å². The third-order valence-electron chi connectivity index (χ3n) is 3.97. The lowest BCUT2D eigenvalue weighted by molar-refractivity contribution is 0.289. The Hall–Kier alpha value is -1.67. The van der Waals surface area contributed by atoms with Crippen molar-refractivity contribution in [2.45, 2.75) is 38.3 Å². The molecule has 0 spiro atoms. The molecule has 0 radical (unpaired) electrons. The maximum Gasteiger partial charge on any atom is 0.0312 e. The van der Waals surface area contributed by atoms with E-state index >= 15 is 0 Å². The number of pyridine rings is 1. The highest BCUT2D eigenvalue weighted by atomic mass is 14.9. The Labute approximate surface area is 114 Å². The summed E-state index contributed by atoms with van der Waals surface area (Å²) >= 11 is 0. The van der Waals surface area contributed by atoms with E-state index in [0.717, 1.165) is 12.5 Å². The Kier molecular flexibility index (Phi) is 3.60. The van der Waals surface area contributed by atoms with Crippen LogP contribution in [0.2, 0.25) is 0 Å². The second-order valence-corrected chi connectivity index (χ2v) is 5.52. The third kappa shape index (κ3) is 3.02. The molecule has 0 aliphatic heterocycles. The molecule has 1 N–H and O–H groups in total. The molecule has 0 unspecified atom stereocenters. The molecule has 1 aromatic carbocycles. The molecule has 19 heavy (non-hydrogen) atoms. The Balaban J connectivity index is 1.48. The minimum absolute atomic E-state index is 0.658. The summed E-state index contributed by atoms with van der Waals surface area (Å²) in [6.45, 7) is 3.10. The monoisotopic (exact) mass is 252 g/mol. The maximum atomic E-state index is 4.14. The molecule has 3 rings (SSSR count). The predicted molar refractivity (Wildman–Crippen MR) is 78.0 cm³/mol. The van der Waals surface area contributed by atoms with Crippen LogP contribution < -0.4 is 5.32 Å². The lowest BCUT2D eigenvalue weighted by Crippen LogP contribution is -2.39. The second-order valence-electron chi connectivity index (χ2n) is 5.52. The highest BCUT2D eigenvalue weighted by molar-refractivity contribution is 5.27. The van der Waals surface area contributed by atoms with Gasteiger partial charge in [-0.15, -0.1) is 0 Å². The standard InChI is InChI=1S/C17H20N2/c1-13-4-2-6-15(8-13)16-9-17(10-16)19-12-14-5-3-7-18-11-14/h2-8,11,16-17,19H,9-10,12H2,1H3. The average Bonchev–Trinajstić information content (AvgIpc) is 2.38. The first-order chi connectivity index (χ1) is 9.31. The molecule has 2 nitrogen and oxygen atoms in total. The quantitative estimate of drug-likeness (QED) is 0.901. The van der Waals surface area contributed by atoms with Gasteiger partial charge in [0.1, 0.15) is 0 Å². The SMILES string of the molecule is Cc1cccc(C2CC(NCc3cccnc3)C2)c1. The van der Waals surface area contributed by atoms with E-state index in [2.05, 4.69) is 47.6 Å². The van der Waals surface area contributed by atoms with Gasteiger partial charge in [-0.2, -0.15) is 0 Å². The van der Waals surface area contributed by atoms with Crippen LogP contribution >= 0.6 is 0 Å². The summed E-state index contributed by atoms with van der Waals surface area (Å²) in [7, 11) is 0. The average molecular weight is 252 g/mol. The van der Waals surface area contributed by atoms with Gasteiger partial charge < -0.3 is 5.32 Å². The van der Waals surface area contributed by atoms with Crippen molar-refractivity contribution in [1.82, 2.24) is 10.3 Å². The van der Waals surface area contributed by atoms with Crippen molar-refractivity contribution in [2.24, 2.45) is 0 Å². The summed E-state index contributed by atoms with van der Waals surface area (Å²) in [6.07, 6.45) is 6.26. The Morgan fingerprint density at radius 2 is 2.11 bits per heavy atom. The summed E-state index contributed by atoms with van der Waals surface area (Å²) in [6, 6.07) is 13.7. The van der Waals surface area contributed by atoms with E-state index in [9.17, 15) is 0 Å². The topological polar surface area (TPSA) is 24.9 Å². The van der Waals surface area contributed by atoms with Crippen LogP contribution in [0, 0.1) is 6.92 Å². The molecule has 1 heterocycles. The zero-order valence-electron chi connectivity index (χ0n) is 11.3. The fourth-order valence-corrected chi connectivity index (χ4v) is 2.75. The largest absolute Gasteiger partial charge is 0.310 e. The van der Waals surface area contributed by atoms with Gasteiger partial charge in [0.15, 0.2) is 0 Å². The zero-order chi connectivity index (χ0) is 13.1. The van der Waals surface area contributed by atoms with Crippen molar-refractivity contribution in [3.05, 3.63) is 65.5 Å². The van der Waals surface area contributed by atoms with Crippen LogP contribution in [0.25, 0.3) is 0 Å². The molecule has 2 heteroatoms. The fraction of sp³-hybridized carbons (Fsp3) is 0.353. The van der Waals surface area contributed by atoms with Gasteiger partial charge in [-0.05, 0) is 42.9 Å². The molecule has 0 atom stereocenters. The van der Waals surface area contributed by atoms with E-state index in [0.29, 0.717) is 6.04 Å². The van der Waals surface area contributed by atoms with Crippen LogP contribution in [0.1, 0.15) is 35.4 Å². The van der Waals surface area contributed by atoms with E-state index < -0.39 is 0 Å². The molecule has 0 amide bonds. The summed E-state index contributed by atoms with van der Waals surface area (Å²) < 4.78 is 0. The second kappa shape index (κ2) is 5.54. The van der Waals surface area contributed by atoms with Crippen LogP contribution in [0.3, 0.4) is 0 Å². The van der Waals surface area contributed by atoms with Gasteiger partial charge in [0.05, 0.1) is 0 Å². The normalized spacial score (nSPS) is 21.9. The zero-order valence-corrected chi connectivity index (χ0v) is 11.3. The van der Waals surface area contributed by atoms with Crippen LogP contribution in [-0.4, -0.2) is 11.0 Å². The molecule has 1 aliphatic carbocycles. The Morgan fingerprint density at radius 3 is 2.84 bits per heavy atom. The number of nitrogens with zero attached hydrogens (tertiary/aromatic N) is 1. The van der Waals surface area contributed by atoms with Gasteiger partial charge >= 0.3 is 0 Å². The van der Waals surface area contributed by atoms with Crippen LogP contribution in [0.15, 0.2) is 48.8 Å². The molecule has 98 valence electrons. The first-order valence-corrected chi connectivity index (χ1v) is 7.00. The summed E-state index contributed by atoms with van der Waals surface area (Å²) in [5.41, 5.74) is 4.13. The van der Waals surface area contributed by atoms with Crippen LogP contribution in [-0.2, 0) is 6.54 Å². The molecular formula is C17H20N2. The maximum absolute atomic E-state index is 4.14. The van der Waals surface area contributed by atoms with Crippen molar-refractivity contribution in [3.63, 3.8) is 0 Å². The smallest absolute Gasteiger partial charge is 0.0312 e. The van der Waals surface area contributed by atoms with Gasteiger partial charge in [0.2, 0.25) is 0 Å². The number of hydrogen-bond acceptors (Lipinski definition) is 2. The number of hydrogen-bond donors (Lipinski definition) is 1. The predicted octanol–water partition coefficient (Wildman–Crippen LogP) is 3.43. The number of aromatic nitrogens is 1. The van der Waals surface area contributed by atoms with Crippen LogP contribution in [0.5, 0.6) is 0 Å². The minimum Gasteiger partial charge on any atom is -0.310 e. The molecule has 1 aliphatic rings. The van der Waals surface area contributed by atoms with Crippen molar-refractivity contribution in [1.29, 1.82) is 0 Å². The molecular weight excluding hydrogens is 232 g/mol. The van der Waals surface area contributed by atoms with Gasteiger partial charge in [0, 0.05) is 25.0 Å². The third-order valence-corrected chi connectivity index (χ3v) is 3.97. The fourth-order valence-electron chi connectivity index (χ4n) is 2.75. The van der Waals surface area contributed by atoms with Crippen molar-refractivity contribution >= 4 is 0 Å². The van der Waals surface area contributed by atoms with Crippen LogP contribution in [0.4, 0.5) is 0 Å². The van der Waals surface area contributed by atoms with Gasteiger partial charge in [-0.25, -0.2) is 0 Å². The number of nitrogens with one attached hydrogen (secondary N) is 1. The Morgan fingerprint density at radius 1 is 1.21 bits per heavy atom. The lowest BCUT2D eigenvalue weighted by atomic mass is 9.75. The van der Waals surface area contributed by atoms with Crippen molar-refractivity contribution < 1.29 is 0 Å². The molecule has 2 aromatic rings. The summed E-state index contributed by atoms with van der Waals surface area (Å²) in [4.78, 5) is 4.14. The van der Waals surface area contributed by atoms with E-state index in [1.54, 1.807) is 0 Å². The Bertz CT molecular complexity index is 530. The minimum atomic E-state index is 0.658. The number of rotatable bonds is 4. The van der Waals surface area contributed by atoms with Gasteiger partial charge in [0.25, 0.3) is 0 Å². The lowest BCUT2D eigenvalue weighted by Gasteiger charge is -2.36.